The van der Waals surface area contributed by atoms with E-state index in [0.29, 0.717) is 23.4 Å². The normalized spacial score (nSPS) is 21.5. The molecule has 19 heavy (non-hydrogen) atoms. The summed E-state index contributed by atoms with van der Waals surface area (Å²) in [7, 11) is 0. The third-order valence-corrected chi connectivity index (χ3v) is 3.18. The number of pyridine rings is 1. The summed E-state index contributed by atoms with van der Waals surface area (Å²) in [6.07, 6.45) is 0.721. The van der Waals surface area contributed by atoms with Gasteiger partial charge in [-0.25, -0.2) is 0 Å². The first-order valence-electron chi connectivity index (χ1n) is 5.95. The molecule has 2 unspecified atom stereocenters. The average molecular weight is 259 g/mol. The molecule has 0 amide bonds. The zero-order chi connectivity index (χ0) is 13.4. The van der Waals surface area contributed by atoms with E-state index in [4.69, 9.17) is 4.74 Å². The van der Waals surface area contributed by atoms with Gasteiger partial charge in [0.1, 0.15) is 11.9 Å². The average Bonchev–Trinajstić information content (AvgIpc) is 2.41. The van der Waals surface area contributed by atoms with Gasteiger partial charge in [0.05, 0.1) is 5.69 Å². The zero-order valence-electron chi connectivity index (χ0n) is 10.0. The van der Waals surface area contributed by atoms with Crippen LogP contribution in [0.3, 0.4) is 0 Å². The van der Waals surface area contributed by atoms with E-state index in [-0.39, 0.29) is 11.5 Å². The molecule has 5 nitrogen and oxygen atoms in total. The Morgan fingerprint density at radius 1 is 1.16 bits per heavy atom. The van der Waals surface area contributed by atoms with Crippen molar-refractivity contribution in [1.82, 2.24) is 4.98 Å². The van der Waals surface area contributed by atoms with E-state index in [9.17, 15) is 15.3 Å². The number of benzene rings is 1. The van der Waals surface area contributed by atoms with Crippen LogP contribution in [0.25, 0.3) is 0 Å². The number of nitrogens with zero attached hydrogens (tertiary/aromatic N) is 1. The van der Waals surface area contributed by atoms with Crippen LogP contribution in [0.2, 0.25) is 0 Å². The lowest BCUT2D eigenvalue weighted by atomic mass is 9.97. The number of phenolic OH excluding ortho intramolecular Hbond substituents is 2. The highest BCUT2D eigenvalue weighted by Gasteiger charge is 2.30. The van der Waals surface area contributed by atoms with Crippen molar-refractivity contribution in [3.05, 3.63) is 47.8 Å². The molecule has 2 heterocycles. The second-order valence-electron chi connectivity index (χ2n) is 4.51. The highest BCUT2D eigenvalue weighted by atomic mass is 16.5. The van der Waals surface area contributed by atoms with Crippen molar-refractivity contribution in [2.24, 2.45) is 0 Å². The van der Waals surface area contributed by atoms with Crippen LogP contribution < -0.4 is 4.74 Å². The molecule has 1 aliphatic rings. The molecule has 0 spiro atoms. The molecule has 5 heteroatoms. The molecule has 0 fully saturated rings. The van der Waals surface area contributed by atoms with Crippen molar-refractivity contribution >= 4 is 0 Å². The van der Waals surface area contributed by atoms with Crippen molar-refractivity contribution < 1.29 is 20.1 Å². The fraction of sp³-hybridized carbons (Fsp3) is 0.214. The molecule has 98 valence electrons. The molecule has 0 aliphatic carbocycles. The van der Waals surface area contributed by atoms with E-state index < -0.39 is 12.2 Å². The lowest BCUT2D eigenvalue weighted by Crippen LogP contribution is -2.30. The summed E-state index contributed by atoms with van der Waals surface area (Å²) in [5, 5.41) is 28.9. The van der Waals surface area contributed by atoms with E-state index in [1.165, 1.54) is 12.1 Å². The first kappa shape index (κ1) is 11.8. The van der Waals surface area contributed by atoms with Gasteiger partial charge in [-0.3, -0.25) is 4.98 Å². The summed E-state index contributed by atoms with van der Waals surface area (Å²) < 4.78 is 5.72. The summed E-state index contributed by atoms with van der Waals surface area (Å²) in [6, 6.07) is 7.94. The van der Waals surface area contributed by atoms with Gasteiger partial charge < -0.3 is 20.1 Å². The maximum Gasteiger partial charge on any atom is 0.157 e. The molecule has 0 bridgehead atoms. The van der Waals surface area contributed by atoms with E-state index >= 15 is 0 Å². The molecule has 0 radical (unpaired) electrons. The Hall–Kier alpha value is -2.27. The summed E-state index contributed by atoms with van der Waals surface area (Å²) in [5.74, 6) is 0.201. The van der Waals surface area contributed by atoms with Gasteiger partial charge in [-0.1, -0.05) is 6.07 Å². The highest BCUT2D eigenvalue weighted by molar-refractivity contribution is 5.42. The third kappa shape index (κ3) is 2.08. The summed E-state index contributed by atoms with van der Waals surface area (Å²) >= 11 is 0. The van der Waals surface area contributed by atoms with Crippen LogP contribution in [0.1, 0.15) is 17.4 Å². The molecule has 1 aromatic carbocycles. The quantitative estimate of drug-likeness (QED) is 0.676. The first-order chi connectivity index (χ1) is 9.15. The summed E-state index contributed by atoms with van der Waals surface area (Å²) in [5.41, 5.74) is 1.33. The molecule has 1 aliphatic heterocycles. The van der Waals surface area contributed by atoms with Crippen molar-refractivity contribution in [3.8, 4) is 17.2 Å². The van der Waals surface area contributed by atoms with E-state index in [1.54, 1.807) is 24.4 Å². The number of hydrogen-bond donors (Lipinski definition) is 3. The molecular formula is C14H13NO4. The van der Waals surface area contributed by atoms with Crippen LogP contribution in [0.15, 0.2) is 36.5 Å². The minimum Gasteiger partial charge on any atom is -0.504 e. The van der Waals surface area contributed by atoms with Gasteiger partial charge >= 0.3 is 0 Å². The minimum absolute atomic E-state index is 0.198. The van der Waals surface area contributed by atoms with Crippen LogP contribution in [-0.2, 0) is 6.42 Å². The molecule has 3 N–H and O–H groups in total. The molecule has 2 atom stereocenters. The minimum atomic E-state index is -0.744. The predicted octanol–water partition coefficient (Wildman–Crippen LogP) is 1.53. The van der Waals surface area contributed by atoms with Crippen LogP contribution in [0, 0.1) is 0 Å². The lowest BCUT2D eigenvalue weighted by molar-refractivity contribution is 0.0191. The van der Waals surface area contributed by atoms with Gasteiger partial charge in [-0.2, -0.15) is 0 Å². The first-order valence-corrected chi connectivity index (χ1v) is 5.95. The van der Waals surface area contributed by atoms with Crippen LogP contribution in [0.4, 0.5) is 0 Å². The number of ether oxygens (including phenoxy) is 1. The maximum absolute atomic E-state index is 10.1. The van der Waals surface area contributed by atoms with Gasteiger partial charge in [0.25, 0.3) is 0 Å². The number of aromatic nitrogens is 1. The standard InChI is InChI=1S/C14H13NO4/c16-10-4-3-8(6-11(10)17)14-12(18)7-9-13(19-14)2-1-5-15-9/h1-6,12,14,16-18H,7H2. The fourth-order valence-electron chi connectivity index (χ4n) is 2.21. The van der Waals surface area contributed by atoms with Gasteiger partial charge in [0.15, 0.2) is 17.6 Å². The van der Waals surface area contributed by atoms with Crippen LogP contribution in [0.5, 0.6) is 17.2 Å². The third-order valence-electron chi connectivity index (χ3n) is 3.18. The van der Waals surface area contributed by atoms with Crippen LogP contribution in [-0.4, -0.2) is 26.4 Å². The molecule has 3 rings (SSSR count). The number of phenols is 2. The van der Waals surface area contributed by atoms with Crippen molar-refractivity contribution in [2.45, 2.75) is 18.6 Å². The summed E-state index contributed by atoms with van der Waals surface area (Å²) in [4.78, 5) is 4.16. The maximum atomic E-state index is 10.1. The zero-order valence-corrected chi connectivity index (χ0v) is 10.0. The van der Waals surface area contributed by atoms with Gasteiger partial charge in [-0.05, 0) is 29.8 Å². The Kier molecular flexibility index (Phi) is 2.76. The Morgan fingerprint density at radius 2 is 2.00 bits per heavy atom. The Morgan fingerprint density at radius 3 is 2.79 bits per heavy atom. The monoisotopic (exact) mass is 259 g/mol. The van der Waals surface area contributed by atoms with Crippen molar-refractivity contribution in [1.29, 1.82) is 0 Å². The largest absolute Gasteiger partial charge is 0.504 e. The highest BCUT2D eigenvalue weighted by Crippen LogP contribution is 2.36. The molecular weight excluding hydrogens is 246 g/mol. The number of aliphatic hydroxyl groups excluding tert-OH is 1. The van der Waals surface area contributed by atoms with Crippen LogP contribution >= 0.6 is 0 Å². The summed E-state index contributed by atoms with van der Waals surface area (Å²) in [6.45, 7) is 0. The van der Waals surface area contributed by atoms with Crippen molar-refractivity contribution in [2.75, 3.05) is 0 Å². The Bertz CT molecular complexity index is 614. The second-order valence-corrected chi connectivity index (χ2v) is 4.51. The smallest absolute Gasteiger partial charge is 0.157 e. The molecule has 0 saturated carbocycles. The number of fused-ring (bicyclic) bond motifs is 1. The Balaban J connectivity index is 1.96. The van der Waals surface area contributed by atoms with Gasteiger partial charge in [0, 0.05) is 12.6 Å². The number of rotatable bonds is 1. The van der Waals surface area contributed by atoms with E-state index in [1.807, 2.05) is 0 Å². The second kappa shape index (κ2) is 4.44. The SMILES string of the molecule is Oc1ccc(C2Oc3cccnc3CC2O)cc1O. The van der Waals surface area contributed by atoms with Gasteiger partial charge in [-0.15, -0.1) is 0 Å². The molecule has 1 aromatic heterocycles. The fourth-order valence-corrected chi connectivity index (χ4v) is 2.21. The predicted molar refractivity (Wildman–Crippen MR) is 67.1 cm³/mol. The topological polar surface area (TPSA) is 82.8 Å². The van der Waals surface area contributed by atoms with Crippen molar-refractivity contribution in [3.63, 3.8) is 0 Å². The number of aromatic hydroxyl groups is 2. The molecule has 2 aromatic rings. The number of hydrogen-bond acceptors (Lipinski definition) is 5. The number of aliphatic hydroxyl groups is 1. The van der Waals surface area contributed by atoms with E-state index in [0.717, 1.165) is 0 Å². The molecule has 0 saturated heterocycles. The van der Waals surface area contributed by atoms with E-state index in [2.05, 4.69) is 4.98 Å². The Labute approximate surface area is 109 Å². The lowest BCUT2D eigenvalue weighted by Gasteiger charge is -2.30. The van der Waals surface area contributed by atoms with Gasteiger partial charge in [0.2, 0.25) is 0 Å².